The van der Waals surface area contributed by atoms with Crippen LogP contribution in [-0.2, 0) is 0 Å². The van der Waals surface area contributed by atoms with Gasteiger partial charge in [0.1, 0.15) is 17.6 Å². The lowest BCUT2D eigenvalue weighted by molar-refractivity contribution is 0.218. The number of ether oxygens (including phenoxy) is 2. The first-order chi connectivity index (χ1) is 8.72. The van der Waals surface area contributed by atoms with Crippen molar-refractivity contribution in [3.63, 3.8) is 0 Å². The van der Waals surface area contributed by atoms with Crippen LogP contribution >= 0.6 is 27.3 Å². The average molecular weight is 328 g/mol. The molecule has 0 fully saturated rings. The smallest absolute Gasteiger partial charge is 0.145 e. The van der Waals surface area contributed by atoms with Crippen molar-refractivity contribution in [2.75, 3.05) is 13.7 Å². The number of benzene rings is 1. The molecule has 3 nitrogen and oxygen atoms in total. The molecule has 0 saturated carbocycles. The van der Waals surface area contributed by atoms with Gasteiger partial charge in [-0.15, -0.1) is 11.3 Å². The summed E-state index contributed by atoms with van der Waals surface area (Å²) in [6, 6.07) is 9.53. The Morgan fingerprint density at radius 3 is 2.44 bits per heavy atom. The average Bonchev–Trinajstić information content (AvgIpc) is 2.83. The molecule has 2 N–H and O–H groups in total. The van der Waals surface area contributed by atoms with Gasteiger partial charge in [0.15, 0.2) is 0 Å². The number of halogens is 1. The van der Waals surface area contributed by atoms with Gasteiger partial charge in [-0.1, -0.05) is 0 Å². The predicted octanol–water partition coefficient (Wildman–Crippen LogP) is 3.60. The summed E-state index contributed by atoms with van der Waals surface area (Å²) in [5.41, 5.74) is 5.76. The first-order valence-electron chi connectivity index (χ1n) is 5.47. The van der Waals surface area contributed by atoms with Gasteiger partial charge in [-0.05, 0) is 46.3 Å². The van der Waals surface area contributed by atoms with Gasteiger partial charge >= 0.3 is 0 Å². The van der Waals surface area contributed by atoms with Gasteiger partial charge < -0.3 is 15.2 Å². The molecule has 0 bridgehead atoms. The van der Waals surface area contributed by atoms with E-state index in [1.807, 2.05) is 35.7 Å². The van der Waals surface area contributed by atoms with E-state index in [0.29, 0.717) is 6.54 Å². The Morgan fingerprint density at radius 2 is 1.94 bits per heavy atom. The quantitative estimate of drug-likeness (QED) is 0.912. The number of thiophene rings is 1. The van der Waals surface area contributed by atoms with Crippen LogP contribution in [0.5, 0.6) is 11.5 Å². The monoisotopic (exact) mass is 327 g/mol. The van der Waals surface area contributed by atoms with Gasteiger partial charge in [-0.2, -0.15) is 0 Å². The molecule has 0 aliphatic carbocycles. The van der Waals surface area contributed by atoms with Crippen molar-refractivity contribution in [2.45, 2.75) is 6.10 Å². The van der Waals surface area contributed by atoms with Crippen molar-refractivity contribution < 1.29 is 9.47 Å². The van der Waals surface area contributed by atoms with E-state index >= 15 is 0 Å². The second-order valence-electron chi connectivity index (χ2n) is 3.69. The van der Waals surface area contributed by atoms with Crippen LogP contribution in [0.4, 0.5) is 0 Å². The van der Waals surface area contributed by atoms with Gasteiger partial charge in [0.05, 0.1) is 7.11 Å². The Labute approximate surface area is 119 Å². The zero-order valence-electron chi connectivity index (χ0n) is 9.93. The molecule has 0 radical (unpaired) electrons. The van der Waals surface area contributed by atoms with E-state index in [2.05, 4.69) is 15.9 Å². The van der Waals surface area contributed by atoms with Crippen molar-refractivity contribution in [1.82, 2.24) is 0 Å². The van der Waals surface area contributed by atoms with E-state index in [4.69, 9.17) is 15.2 Å². The molecule has 1 aromatic heterocycles. The maximum Gasteiger partial charge on any atom is 0.145 e. The molecule has 0 aliphatic rings. The zero-order valence-corrected chi connectivity index (χ0v) is 12.3. The Bertz CT molecular complexity index is 498. The lowest BCUT2D eigenvalue weighted by Crippen LogP contribution is -2.17. The van der Waals surface area contributed by atoms with E-state index in [1.54, 1.807) is 18.4 Å². The molecule has 0 amide bonds. The largest absolute Gasteiger partial charge is 0.497 e. The molecule has 0 spiro atoms. The second-order valence-corrected chi connectivity index (χ2v) is 5.54. The summed E-state index contributed by atoms with van der Waals surface area (Å²) in [7, 11) is 1.64. The Hall–Kier alpha value is -1.04. The number of methoxy groups -OCH3 is 1. The van der Waals surface area contributed by atoms with E-state index in [9.17, 15) is 0 Å². The summed E-state index contributed by atoms with van der Waals surface area (Å²) >= 11 is 5.06. The minimum absolute atomic E-state index is 0.116. The van der Waals surface area contributed by atoms with Crippen molar-refractivity contribution in [1.29, 1.82) is 0 Å². The fourth-order valence-corrected chi connectivity index (χ4v) is 3.02. The molecule has 5 heteroatoms. The summed E-state index contributed by atoms with van der Waals surface area (Å²) in [6.45, 7) is 0.443. The fraction of sp³-hybridized carbons (Fsp3) is 0.231. The first kappa shape index (κ1) is 13.4. The van der Waals surface area contributed by atoms with Crippen LogP contribution in [0.3, 0.4) is 0 Å². The SMILES string of the molecule is COc1ccc(OC(CN)c2cc(Br)cs2)cc1. The van der Waals surface area contributed by atoms with Crippen LogP contribution in [0.2, 0.25) is 0 Å². The van der Waals surface area contributed by atoms with Crippen molar-refractivity contribution in [3.8, 4) is 11.5 Å². The first-order valence-corrected chi connectivity index (χ1v) is 7.15. The summed E-state index contributed by atoms with van der Waals surface area (Å²) < 4.78 is 12.0. The number of hydrogen-bond acceptors (Lipinski definition) is 4. The van der Waals surface area contributed by atoms with Crippen LogP contribution < -0.4 is 15.2 Å². The summed E-state index contributed by atoms with van der Waals surface area (Å²) in [5, 5.41) is 2.02. The van der Waals surface area contributed by atoms with E-state index in [-0.39, 0.29) is 6.10 Å². The molecule has 18 heavy (non-hydrogen) atoms. The maximum atomic E-state index is 5.87. The normalized spacial score (nSPS) is 12.2. The molecule has 0 saturated heterocycles. The molecule has 2 aromatic rings. The molecule has 1 atom stereocenters. The minimum Gasteiger partial charge on any atom is -0.497 e. The number of nitrogens with two attached hydrogens (primary N) is 1. The van der Waals surface area contributed by atoms with E-state index in [1.165, 1.54) is 0 Å². The molecule has 1 unspecified atom stereocenters. The standard InChI is InChI=1S/C13H14BrNO2S/c1-16-10-2-4-11(5-3-10)17-12(7-15)13-6-9(14)8-18-13/h2-6,8,12H,7,15H2,1H3. The maximum absolute atomic E-state index is 5.87. The van der Waals surface area contributed by atoms with Crippen LogP contribution in [0.25, 0.3) is 0 Å². The van der Waals surface area contributed by atoms with Crippen LogP contribution in [-0.4, -0.2) is 13.7 Å². The summed E-state index contributed by atoms with van der Waals surface area (Å²) in [4.78, 5) is 1.11. The zero-order chi connectivity index (χ0) is 13.0. The van der Waals surface area contributed by atoms with E-state index in [0.717, 1.165) is 20.8 Å². The highest BCUT2D eigenvalue weighted by atomic mass is 79.9. The molecule has 1 heterocycles. The molecule has 96 valence electrons. The van der Waals surface area contributed by atoms with Gasteiger partial charge in [0.2, 0.25) is 0 Å². The third kappa shape index (κ3) is 3.25. The Balaban J connectivity index is 2.10. The fourth-order valence-electron chi connectivity index (χ4n) is 1.54. The number of rotatable bonds is 5. The van der Waals surface area contributed by atoms with Gasteiger partial charge in [-0.3, -0.25) is 0 Å². The molecule has 2 rings (SSSR count). The van der Waals surface area contributed by atoms with E-state index < -0.39 is 0 Å². The summed E-state index contributed by atoms with van der Waals surface area (Å²) in [6.07, 6.45) is -0.116. The molecule has 0 aliphatic heterocycles. The highest BCUT2D eigenvalue weighted by Crippen LogP contribution is 2.29. The molecular formula is C13H14BrNO2S. The van der Waals surface area contributed by atoms with Crippen molar-refractivity contribution in [2.24, 2.45) is 5.73 Å². The molecule has 1 aromatic carbocycles. The van der Waals surface area contributed by atoms with Crippen molar-refractivity contribution in [3.05, 3.63) is 45.1 Å². The van der Waals surface area contributed by atoms with Crippen molar-refractivity contribution >= 4 is 27.3 Å². The highest BCUT2D eigenvalue weighted by molar-refractivity contribution is 9.10. The van der Waals surface area contributed by atoms with Gasteiger partial charge in [0, 0.05) is 21.3 Å². The van der Waals surface area contributed by atoms with Crippen LogP contribution in [0.1, 0.15) is 11.0 Å². The lowest BCUT2D eigenvalue weighted by Gasteiger charge is -2.16. The lowest BCUT2D eigenvalue weighted by atomic mass is 10.2. The number of hydrogen-bond donors (Lipinski definition) is 1. The predicted molar refractivity (Wildman–Crippen MR) is 77.4 cm³/mol. The third-order valence-electron chi connectivity index (χ3n) is 2.46. The topological polar surface area (TPSA) is 44.5 Å². The summed E-state index contributed by atoms with van der Waals surface area (Å²) in [5.74, 6) is 1.60. The minimum atomic E-state index is -0.116. The Kier molecular flexibility index (Phi) is 4.63. The van der Waals surface area contributed by atoms with Crippen LogP contribution in [0.15, 0.2) is 40.2 Å². The third-order valence-corrected chi connectivity index (χ3v) is 4.24. The Morgan fingerprint density at radius 1 is 1.28 bits per heavy atom. The second kappa shape index (κ2) is 6.22. The van der Waals surface area contributed by atoms with Crippen LogP contribution in [0, 0.1) is 0 Å². The van der Waals surface area contributed by atoms with Gasteiger partial charge in [-0.25, -0.2) is 0 Å². The highest BCUT2D eigenvalue weighted by Gasteiger charge is 2.13. The molecular weight excluding hydrogens is 314 g/mol. The van der Waals surface area contributed by atoms with Gasteiger partial charge in [0.25, 0.3) is 0 Å².